The molecule has 7 nitrogen and oxygen atoms in total. The van der Waals surface area contributed by atoms with Gasteiger partial charge in [0.15, 0.2) is 0 Å². The molecule has 0 radical (unpaired) electrons. The third-order valence-electron chi connectivity index (χ3n) is 8.07. The monoisotopic (exact) mass is 511 g/mol. The van der Waals surface area contributed by atoms with E-state index in [0.29, 0.717) is 31.1 Å². The van der Waals surface area contributed by atoms with Gasteiger partial charge in [0, 0.05) is 56.7 Å². The van der Waals surface area contributed by atoms with Gasteiger partial charge < -0.3 is 14.8 Å². The number of carbonyl (C=O) groups is 2. The Kier molecular flexibility index (Phi) is 8.67. The summed E-state index contributed by atoms with van der Waals surface area (Å²) < 4.78 is 16.3. The second-order valence-electron chi connectivity index (χ2n) is 10.9. The van der Waals surface area contributed by atoms with E-state index in [4.69, 9.17) is 4.98 Å². The van der Waals surface area contributed by atoms with Gasteiger partial charge in [0.25, 0.3) is 0 Å². The molecule has 3 heterocycles. The number of carbonyl (C=O) groups excluding carboxylic acids is 2. The number of benzene rings is 1. The molecule has 2 amide bonds. The molecule has 37 heavy (non-hydrogen) atoms. The summed E-state index contributed by atoms with van der Waals surface area (Å²) in [6, 6.07) is 7.41. The van der Waals surface area contributed by atoms with Gasteiger partial charge in [0.05, 0.1) is 18.3 Å². The molecule has 2 aliphatic rings. The molecule has 2 aromatic rings. The molecular formula is C29H42FN5O2. The highest BCUT2D eigenvalue weighted by atomic mass is 19.1. The van der Waals surface area contributed by atoms with E-state index in [9.17, 15) is 14.0 Å². The van der Waals surface area contributed by atoms with Gasteiger partial charge in [-0.15, -0.1) is 0 Å². The van der Waals surface area contributed by atoms with E-state index in [1.807, 2.05) is 17.9 Å². The lowest BCUT2D eigenvalue weighted by molar-refractivity contribution is -0.132. The van der Waals surface area contributed by atoms with Crippen molar-refractivity contribution >= 4 is 11.8 Å². The molecule has 1 saturated heterocycles. The van der Waals surface area contributed by atoms with Crippen LogP contribution in [0.3, 0.4) is 0 Å². The molecule has 1 N–H and O–H groups in total. The highest BCUT2D eigenvalue weighted by molar-refractivity contribution is 5.76. The first kappa shape index (κ1) is 27.3. The Morgan fingerprint density at radius 1 is 1.22 bits per heavy atom. The lowest BCUT2D eigenvalue weighted by Gasteiger charge is -2.44. The number of hydrogen-bond donors (Lipinski definition) is 1. The smallest absolute Gasteiger partial charge is 0.222 e. The fraction of sp³-hybridized carbons (Fsp3) is 0.621. The van der Waals surface area contributed by atoms with Crippen LogP contribution in [0.1, 0.15) is 94.7 Å². The van der Waals surface area contributed by atoms with Gasteiger partial charge in [-0.25, -0.2) is 9.37 Å². The maximum Gasteiger partial charge on any atom is 0.222 e. The molecule has 1 fully saturated rings. The van der Waals surface area contributed by atoms with E-state index in [1.54, 1.807) is 6.07 Å². The molecule has 2 aliphatic heterocycles. The van der Waals surface area contributed by atoms with Gasteiger partial charge in [0.1, 0.15) is 11.6 Å². The molecular weight excluding hydrogens is 469 g/mol. The van der Waals surface area contributed by atoms with Crippen molar-refractivity contribution in [3.8, 4) is 0 Å². The van der Waals surface area contributed by atoms with Gasteiger partial charge in [-0.2, -0.15) is 0 Å². The molecule has 4 atom stereocenters. The van der Waals surface area contributed by atoms with Crippen LogP contribution in [0.5, 0.6) is 0 Å². The summed E-state index contributed by atoms with van der Waals surface area (Å²) in [4.78, 5) is 33.7. The SMILES string of the molecule is CCCC(=O)N1CCc2c(nc(C)n2C2CC(C)N(CC[C@H](NC(C)=O)c3cccc(F)c3)[C@@H](C)C2)C1. The molecule has 4 rings (SSSR count). The van der Waals surface area contributed by atoms with Crippen molar-refractivity contribution in [1.29, 1.82) is 0 Å². The molecule has 202 valence electrons. The van der Waals surface area contributed by atoms with E-state index >= 15 is 0 Å². The number of nitrogens with one attached hydrogen (secondary N) is 1. The van der Waals surface area contributed by atoms with E-state index in [2.05, 4.69) is 35.6 Å². The van der Waals surface area contributed by atoms with Crippen molar-refractivity contribution in [2.24, 2.45) is 0 Å². The Morgan fingerprint density at radius 2 is 1.95 bits per heavy atom. The molecule has 0 aliphatic carbocycles. The van der Waals surface area contributed by atoms with Gasteiger partial charge in [-0.3, -0.25) is 14.5 Å². The van der Waals surface area contributed by atoms with Crippen LogP contribution in [-0.4, -0.2) is 56.3 Å². The predicted octanol–water partition coefficient (Wildman–Crippen LogP) is 4.70. The lowest BCUT2D eigenvalue weighted by Crippen LogP contribution is -2.48. The lowest BCUT2D eigenvalue weighted by atomic mass is 9.91. The number of amides is 2. The minimum Gasteiger partial charge on any atom is -0.349 e. The van der Waals surface area contributed by atoms with Crippen LogP contribution in [0.15, 0.2) is 24.3 Å². The number of aryl methyl sites for hydroxylation is 1. The van der Waals surface area contributed by atoms with E-state index < -0.39 is 0 Å². The predicted molar refractivity (Wildman–Crippen MR) is 142 cm³/mol. The first-order valence-corrected chi connectivity index (χ1v) is 13.8. The second kappa shape index (κ2) is 11.8. The first-order valence-electron chi connectivity index (χ1n) is 13.8. The molecule has 0 saturated carbocycles. The normalized spacial score (nSPS) is 23.0. The molecule has 0 spiro atoms. The number of fused-ring (bicyclic) bond motifs is 1. The van der Waals surface area contributed by atoms with Crippen molar-refractivity contribution in [2.75, 3.05) is 13.1 Å². The van der Waals surface area contributed by atoms with E-state index in [-0.39, 0.29) is 23.7 Å². The molecule has 1 aromatic carbocycles. The number of aromatic nitrogens is 2. The number of hydrogen-bond acceptors (Lipinski definition) is 4. The average molecular weight is 512 g/mol. The van der Waals surface area contributed by atoms with Crippen LogP contribution in [0.4, 0.5) is 4.39 Å². The van der Waals surface area contributed by atoms with E-state index in [1.165, 1.54) is 24.8 Å². The van der Waals surface area contributed by atoms with Crippen molar-refractivity contribution in [3.05, 3.63) is 52.9 Å². The Labute approximate surface area is 220 Å². The zero-order valence-electron chi connectivity index (χ0n) is 23.0. The summed E-state index contributed by atoms with van der Waals surface area (Å²) in [5.41, 5.74) is 3.16. The fourth-order valence-electron chi connectivity index (χ4n) is 6.42. The maximum atomic E-state index is 13.9. The number of nitrogens with zero attached hydrogens (tertiary/aromatic N) is 4. The van der Waals surface area contributed by atoms with Crippen molar-refractivity contribution in [3.63, 3.8) is 0 Å². The maximum absolute atomic E-state index is 13.9. The summed E-state index contributed by atoms with van der Waals surface area (Å²) >= 11 is 0. The quantitative estimate of drug-likeness (QED) is 0.558. The minimum atomic E-state index is -0.285. The molecule has 1 aromatic heterocycles. The van der Waals surface area contributed by atoms with Crippen LogP contribution in [0.2, 0.25) is 0 Å². The Morgan fingerprint density at radius 3 is 2.59 bits per heavy atom. The van der Waals surface area contributed by atoms with Crippen LogP contribution < -0.4 is 5.32 Å². The number of halogens is 1. The Hall–Kier alpha value is -2.74. The molecule has 8 heteroatoms. The highest BCUT2D eigenvalue weighted by Gasteiger charge is 2.35. The van der Waals surface area contributed by atoms with Gasteiger partial charge >= 0.3 is 0 Å². The zero-order chi connectivity index (χ0) is 26.7. The van der Waals surface area contributed by atoms with Crippen LogP contribution in [0.25, 0.3) is 0 Å². The third kappa shape index (κ3) is 6.22. The molecule has 2 unspecified atom stereocenters. The number of likely N-dealkylation sites (tertiary alicyclic amines) is 1. The summed E-state index contributed by atoms with van der Waals surface area (Å²) in [5, 5.41) is 3.01. The van der Waals surface area contributed by atoms with Crippen molar-refractivity contribution in [1.82, 2.24) is 24.7 Å². The summed E-state index contributed by atoms with van der Waals surface area (Å²) in [6.45, 7) is 12.4. The largest absolute Gasteiger partial charge is 0.349 e. The van der Waals surface area contributed by atoms with Gasteiger partial charge in [-0.1, -0.05) is 19.1 Å². The van der Waals surface area contributed by atoms with Crippen molar-refractivity contribution in [2.45, 2.75) is 104 Å². The summed E-state index contributed by atoms with van der Waals surface area (Å²) in [7, 11) is 0. The van der Waals surface area contributed by atoms with E-state index in [0.717, 1.165) is 62.3 Å². The second-order valence-corrected chi connectivity index (χ2v) is 10.9. The molecule has 0 bridgehead atoms. The topological polar surface area (TPSA) is 70.5 Å². The van der Waals surface area contributed by atoms with Gasteiger partial charge in [0.2, 0.25) is 11.8 Å². The highest BCUT2D eigenvalue weighted by Crippen LogP contribution is 2.36. The average Bonchev–Trinajstić information content (AvgIpc) is 3.17. The first-order chi connectivity index (χ1) is 17.7. The van der Waals surface area contributed by atoms with Crippen LogP contribution in [-0.2, 0) is 22.6 Å². The summed E-state index contributed by atoms with van der Waals surface area (Å²) in [5.74, 6) is 0.882. The zero-order valence-corrected chi connectivity index (χ0v) is 23.0. The minimum absolute atomic E-state index is 0.107. The van der Waals surface area contributed by atoms with Crippen LogP contribution in [0, 0.1) is 12.7 Å². The Bertz CT molecular complexity index is 1100. The number of rotatable bonds is 8. The van der Waals surface area contributed by atoms with Crippen molar-refractivity contribution < 1.29 is 14.0 Å². The third-order valence-corrected chi connectivity index (χ3v) is 8.07. The fourth-order valence-corrected chi connectivity index (χ4v) is 6.42. The Balaban J connectivity index is 1.43. The van der Waals surface area contributed by atoms with Gasteiger partial charge in [-0.05, 0) is 64.2 Å². The number of piperidine rings is 1. The number of imidazole rings is 1. The van der Waals surface area contributed by atoms with Crippen LogP contribution >= 0.6 is 0 Å². The standard InChI is InChI=1S/C29H42FN5O2/c1-6-8-29(37)33-13-12-28-27(18-33)31-21(4)35(28)25-15-19(2)34(20(3)16-25)14-11-26(32-22(5)36)23-9-7-10-24(30)17-23/h7,9-10,17,19-20,25-26H,6,8,11-16,18H2,1-5H3,(H,32,36)/t19-,20?,25?,26-/m0/s1. The summed E-state index contributed by atoms with van der Waals surface area (Å²) in [6.07, 6.45) is 5.11.